The first kappa shape index (κ1) is 11.3. The quantitative estimate of drug-likeness (QED) is 0.593. The lowest BCUT2D eigenvalue weighted by Crippen LogP contribution is -1.80. The Morgan fingerprint density at radius 2 is 1.83 bits per heavy atom. The first-order valence-corrected chi connectivity index (χ1v) is 6.14. The number of hydrogen-bond donors (Lipinski definition) is 0. The van der Waals surface area contributed by atoms with Gasteiger partial charge in [0.2, 0.25) is 0 Å². The Labute approximate surface area is 109 Å². The third kappa shape index (κ3) is 1.79. The second-order valence-electron chi connectivity index (χ2n) is 4.08. The molecule has 3 rings (SSSR count). The van der Waals surface area contributed by atoms with Crippen molar-refractivity contribution in [1.29, 1.82) is 0 Å². The normalized spacial score (nSPS) is 11.0. The van der Waals surface area contributed by atoms with Gasteiger partial charge in [0.1, 0.15) is 11.4 Å². The summed E-state index contributed by atoms with van der Waals surface area (Å²) in [5.41, 5.74) is 3.65. The molecule has 0 fully saturated rings. The van der Waals surface area contributed by atoms with Crippen LogP contribution in [0.5, 0.6) is 0 Å². The monoisotopic (exact) mass is 260 g/mol. The summed E-state index contributed by atoms with van der Waals surface area (Å²) in [5, 5.41) is 1.000. The van der Waals surface area contributed by atoms with Crippen molar-refractivity contribution in [2.45, 2.75) is 5.88 Å². The van der Waals surface area contributed by atoms with Crippen LogP contribution < -0.4 is 0 Å². The lowest BCUT2D eigenvalue weighted by Gasteiger charge is -1.99. The highest BCUT2D eigenvalue weighted by Crippen LogP contribution is 2.32. The van der Waals surface area contributed by atoms with Crippen LogP contribution in [0.2, 0.25) is 0 Å². The van der Waals surface area contributed by atoms with Gasteiger partial charge in [0, 0.05) is 16.5 Å². The summed E-state index contributed by atoms with van der Waals surface area (Å²) in [5.74, 6) is 0.168. The Balaban J connectivity index is 2.21. The van der Waals surface area contributed by atoms with Crippen molar-refractivity contribution in [1.82, 2.24) is 0 Å². The fourth-order valence-corrected chi connectivity index (χ4v) is 2.29. The molecule has 0 saturated heterocycles. The molecule has 1 heterocycles. The van der Waals surface area contributed by atoms with Crippen molar-refractivity contribution < 1.29 is 8.81 Å². The summed E-state index contributed by atoms with van der Waals surface area (Å²) < 4.78 is 18.5. The molecule has 0 saturated carbocycles. The Morgan fingerprint density at radius 3 is 2.56 bits per heavy atom. The number of furan rings is 1. The Bertz CT molecular complexity index is 685. The van der Waals surface area contributed by atoms with Crippen LogP contribution in [0.3, 0.4) is 0 Å². The van der Waals surface area contributed by atoms with E-state index in [1.165, 1.54) is 12.1 Å². The molecule has 1 nitrogen and oxygen atoms in total. The highest BCUT2D eigenvalue weighted by molar-refractivity contribution is 6.18. The minimum atomic E-state index is -0.243. The molecule has 0 unspecified atom stereocenters. The van der Waals surface area contributed by atoms with E-state index >= 15 is 0 Å². The Kier molecular flexibility index (Phi) is 2.80. The van der Waals surface area contributed by atoms with Crippen molar-refractivity contribution in [3.63, 3.8) is 0 Å². The summed E-state index contributed by atoms with van der Waals surface area (Å²) in [6, 6.07) is 12.2. The molecule has 0 N–H and O–H groups in total. The number of benzene rings is 2. The molecule has 0 radical (unpaired) electrons. The first-order valence-electron chi connectivity index (χ1n) is 5.60. The summed E-state index contributed by atoms with van der Waals surface area (Å²) >= 11 is 5.87. The number of hydrogen-bond acceptors (Lipinski definition) is 1. The predicted molar refractivity (Wildman–Crippen MR) is 71.2 cm³/mol. The van der Waals surface area contributed by atoms with Crippen LogP contribution in [-0.2, 0) is 5.88 Å². The van der Waals surface area contributed by atoms with E-state index in [1.807, 2.05) is 18.2 Å². The first-order chi connectivity index (χ1) is 8.79. The van der Waals surface area contributed by atoms with E-state index in [9.17, 15) is 4.39 Å². The van der Waals surface area contributed by atoms with Gasteiger partial charge in [-0.05, 0) is 17.7 Å². The zero-order valence-corrected chi connectivity index (χ0v) is 10.2. The molecule has 1 aromatic heterocycles. The van der Waals surface area contributed by atoms with Crippen molar-refractivity contribution in [2.75, 3.05) is 0 Å². The molecule has 0 amide bonds. The fourth-order valence-electron chi connectivity index (χ4n) is 2.08. The molecule has 0 atom stereocenters. The highest BCUT2D eigenvalue weighted by atomic mass is 35.5. The summed E-state index contributed by atoms with van der Waals surface area (Å²) in [7, 11) is 0. The van der Waals surface area contributed by atoms with E-state index in [0.29, 0.717) is 5.88 Å². The lowest BCUT2D eigenvalue weighted by atomic mass is 10.0. The van der Waals surface area contributed by atoms with Crippen LogP contribution >= 0.6 is 11.6 Å². The lowest BCUT2D eigenvalue weighted by molar-refractivity contribution is 0.613. The van der Waals surface area contributed by atoms with Gasteiger partial charge in [-0.2, -0.15) is 0 Å². The molecule has 18 heavy (non-hydrogen) atoms. The molecular weight excluding hydrogens is 251 g/mol. The van der Waals surface area contributed by atoms with E-state index in [4.69, 9.17) is 16.0 Å². The van der Waals surface area contributed by atoms with Gasteiger partial charge in [0.15, 0.2) is 0 Å². The molecule has 0 bridgehead atoms. The average molecular weight is 261 g/mol. The minimum absolute atomic E-state index is 0.243. The smallest absolute Gasteiger partial charge is 0.138 e. The summed E-state index contributed by atoms with van der Waals surface area (Å²) in [6.45, 7) is 0. The van der Waals surface area contributed by atoms with E-state index in [1.54, 1.807) is 18.4 Å². The molecule has 0 aliphatic carbocycles. The number of halogens is 2. The number of alkyl halides is 1. The average Bonchev–Trinajstić information content (AvgIpc) is 2.83. The molecule has 0 spiro atoms. The molecule has 0 aliphatic rings. The number of rotatable bonds is 2. The van der Waals surface area contributed by atoms with Gasteiger partial charge in [-0.25, -0.2) is 4.39 Å². The molecule has 0 aliphatic heterocycles. The van der Waals surface area contributed by atoms with Gasteiger partial charge >= 0.3 is 0 Å². The second-order valence-corrected chi connectivity index (χ2v) is 4.35. The third-order valence-corrected chi connectivity index (χ3v) is 3.27. The Morgan fingerprint density at radius 1 is 1.06 bits per heavy atom. The van der Waals surface area contributed by atoms with Gasteiger partial charge in [-0.1, -0.05) is 30.3 Å². The van der Waals surface area contributed by atoms with Crippen LogP contribution in [0, 0.1) is 5.82 Å². The van der Waals surface area contributed by atoms with E-state index in [2.05, 4.69) is 0 Å². The third-order valence-electron chi connectivity index (χ3n) is 2.98. The number of fused-ring (bicyclic) bond motifs is 1. The van der Waals surface area contributed by atoms with Gasteiger partial charge < -0.3 is 4.42 Å². The fraction of sp³-hybridized carbons (Fsp3) is 0.0667. The summed E-state index contributed by atoms with van der Waals surface area (Å²) in [6.07, 6.45) is 1.69. The predicted octanol–water partition coefficient (Wildman–Crippen LogP) is 4.98. The summed E-state index contributed by atoms with van der Waals surface area (Å²) in [4.78, 5) is 0. The van der Waals surface area contributed by atoms with E-state index in [-0.39, 0.29) is 5.82 Å². The van der Waals surface area contributed by atoms with E-state index in [0.717, 1.165) is 27.7 Å². The molecule has 90 valence electrons. The standard InChI is InChI=1S/C15H10ClFO/c16-8-11-2-1-3-13-14(9-18-15(11)13)10-4-6-12(17)7-5-10/h1-7,9H,8H2. The van der Waals surface area contributed by atoms with Crippen molar-refractivity contribution in [2.24, 2.45) is 0 Å². The topological polar surface area (TPSA) is 13.1 Å². The van der Waals surface area contributed by atoms with E-state index < -0.39 is 0 Å². The van der Waals surface area contributed by atoms with Crippen molar-refractivity contribution in [3.05, 3.63) is 60.1 Å². The second kappa shape index (κ2) is 4.46. The largest absolute Gasteiger partial charge is 0.463 e. The maximum atomic E-state index is 12.9. The highest BCUT2D eigenvalue weighted by Gasteiger charge is 2.10. The minimum Gasteiger partial charge on any atom is -0.463 e. The van der Waals surface area contributed by atoms with Crippen LogP contribution in [-0.4, -0.2) is 0 Å². The van der Waals surface area contributed by atoms with Gasteiger partial charge in [0.25, 0.3) is 0 Å². The maximum Gasteiger partial charge on any atom is 0.138 e. The zero-order valence-electron chi connectivity index (χ0n) is 9.49. The van der Waals surface area contributed by atoms with Crippen LogP contribution in [0.1, 0.15) is 5.56 Å². The zero-order chi connectivity index (χ0) is 12.5. The van der Waals surface area contributed by atoms with Gasteiger partial charge in [0.05, 0.1) is 12.1 Å². The van der Waals surface area contributed by atoms with Crippen molar-refractivity contribution >= 4 is 22.6 Å². The van der Waals surface area contributed by atoms with Crippen LogP contribution in [0.4, 0.5) is 4.39 Å². The van der Waals surface area contributed by atoms with Crippen LogP contribution in [0.15, 0.2) is 53.1 Å². The maximum absolute atomic E-state index is 12.9. The van der Waals surface area contributed by atoms with Gasteiger partial charge in [-0.15, -0.1) is 11.6 Å². The molecule has 3 aromatic rings. The SMILES string of the molecule is Fc1ccc(-c2coc3c(CCl)cccc23)cc1. The van der Waals surface area contributed by atoms with Crippen LogP contribution in [0.25, 0.3) is 22.1 Å². The Hall–Kier alpha value is -1.80. The molecular formula is C15H10ClFO. The van der Waals surface area contributed by atoms with Crippen molar-refractivity contribution in [3.8, 4) is 11.1 Å². The molecule has 3 heteroatoms. The van der Waals surface area contributed by atoms with Gasteiger partial charge in [-0.3, -0.25) is 0 Å². The number of para-hydroxylation sites is 1. The molecule has 2 aromatic carbocycles.